The van der Waals surface area contributed by atoms with Gasteiger partial charge in [-0.25, -0.2) is 4.39 Å². The molecule has 15 heavy (non-hydrogen) atoms. The lowest BCUT2D eigenvalue weighted by Gasteiger charge is -2.11. The van der Waals surface area contributed by atoms with Crippen LogP contribution in [0.5, 0.6) is 0 Å². The van der Waals surface area contributed by atoms with E-state index >= 15 is 0 Å². The van der Waals surface area contributed by atoms with Crippen molar-refractivity contribution in [2.75, 3.05) is 5.32 Å². The summed E-state index contributed by atoms with van der Waals surface area (Å²) in [6.07, 6.45) is 0.600. The van der Waals surface area contributed by atoms with Crippen molar-refractivity contribution < 1.29 is 14.0 Å². The summed E-state index contributed by atoms with van der Waals surface area (Å²) in [4.78, 5) is 21.4. The first-order chi connectivity index (χ1) is 6.97. The summed E-state index contributed by atoms with van der Waals surface area (Å²) in [5, 5.41) is 2.40. The molecule has 0 unspecified atom stereocenters. The maximum atomic E-state index is 13.7. The quantitative estimate of drug-likeness (QED) is 0.759. The van der Waals surface area contributed by atoms with Crippen LogP contribution in [0.15, 0.2) is 6.07 Å². The molecule has 1 aromatic rings. The van der Waals surface area contributed by atoms with Crippen molar-refractivity contribution in [2.24, 2.45) is 0 Å². The number of amides is 1. The van der Waals surface area contributed by atoms with Crippen molar-refractivity contribution in [2.45, 2.75) is 20.8 Å². The van der Waals surface area contributed by atoms with E-state index in [1.807, 2.05) is 0 Å². The molecule has 3 nitrogen and oxygen atoms in total. The molecule has 0 aliphatic heterocycles. The average molecular weight is 209 g/mol. The van der Waals surface area contributed by atoms with Gasteiger partial charge in [-0.05, 0) is 31.0 Å². The van der Waals surface area contributed by atoms with Crippen molar-refractivity contribution in [3.8, 4) is 0 Å². The molecule has 0 aromatic heterocycles. The number of anilines is 1. The highest BCUT2D eigenvalue weighted by Gasteiger charge is 2.13. The molecule has 0 spiro atoms. The van der Waals surface area contributed by atoms with Gasteiger partial charge in [0, 0.05) is 12.5 Å². The first kappa shape index (κ1) is 11.4. The molecule has 0 saturated heterocycles. The van der Waals surface area contributed by atoms with E-state index in [0.717, 1.165) is 0 Å². The van der Waals surface area contributed by atoms with Gasteiger partial charge in [0.1, 0.15) is 6.29 Å². The van der Waals surface area contributed by atoms with Gasteiger partial charge in [0.05, 0.1) is 5.69 Å². The zero-order chi connectivity index (χ0) is 11.6. The van der Waals surface area contributed by atoms with Gasteiger partial charge in [0.15, 0.2) is 5.82 Å². The van der Waals surface area contributed by atoms with Crippen molar-refractivity contribution in [3.63, 3.8) is 0 Å². The first-order valence-corrected chi connectivity index (χ1v) is 4.49. The predicted octanol–water partition coefficient (Wildman–Crippen LogP) is 2.21. The Kier molecular flexibility index (Phi) is 3.19. The average Bonchev–Trinajstić information content (AvgIpc) is 2.18. The van der Waals surface area contributed by atoms with Crippen LogP contribution in [-0.4, -0.2) is 12.2 Å². The molecule has 1 aromatic carbocycles. The third kappa shape index (κ3) is 2.21. The topological polar surface area (TPSA) is 46.2 Å². The Hall–Kier alpha value is -1.71. The zero-order valence-electron chi connectivity index (χ0n) is 8.85. The lowest BCUT2D eigenvalue weighted by Crippen LogP contribution is -2.10. The van der Waals surface area contributed by atoms with Crippen molar-refractivity contribution >= 4 is 17.9 Å². The zero-order valence-corrected chi connectivity index (χ0v) is 8.85. The Morgan fingerprint density at radius 3 is 2.53 bits per heavy atom. The third-order valence-corrected chi connectivity index (χ3v) is 2.18. The summed E-state index contributed by atoms with van der Waals surface area (Å²) < 4.78 is 13.7. The van der Waals surface area contributed by atoms with Crippen molar-refractivity contribution in [3.05, 3.63) is 28.6 Å². The molecular formula is C11H12FNO2. The van der Waals surface area contributed by atoms with Gasteiger partial charge in [-0.3, -0.25) is 9.59 Å². The largest absolute Gasteiger partial charge is 0.324 e. The highest BCUT2D eigenvalue weighted by molar-refractivity contribution is 5.91. The molecule has 4 heteroatoms. The normalized spacial score (nSPS) is 9.87. The molecule has 80 valence electrons. The first-order valence-electron chi connectivity index (χ1n) is 4.49. The minimum absolute atomic E-state index is 0.144. The fraction of sp³-hybridized carbons (Fsp3) is 0.273. The Morgan fingerprint density at radius 2 is 2.07 bits per heavy atom. The van der Waals surface area contributed by atoms with Crippen LogP contribution in [0.1, 0.15) is 28.4 Å². The summed E-state index contributed by atoms with van der Waals surface area (Å²) in [7, 11) is 0. The number of rotatable bonds is 2. The molecular weight excluding hydrogens is 197 g/mol. The fourth-order valence-corrected chi connectivity index (χ4v) is 1.35. The molecule has 0 fully saturated rings. The maximum absolute atomic E-state index is 13.7. The molecule has 0 bridgehead atoms. The molecule has 0 aliphatic carbocycles. The molecule has 0 saturated carbocycles. The van der Waals surface area contributed by atoms with Crippen LogP contribution in [0.2, 0.25) is 0 Å². The van der Waals surface area contributed by atoms with Crippen LogP contribution in [0.25, 0.3) is 0 Å². The number of halogens is 1. The lowest BCUT2D eigenvalue weighted by molar-refractivity contribution is -0.114. The Labute approximate surface area is 87.3 Å². The van der Waals surface area contributed by atoms with E-state index in [2.05, 4.69) is 5.32 Å². The van der Waals surface area contributed by atoms with E-state index in [-0.39, 0.29) is 17.2 Å². The standard InChI is InChI=1S/C11H12FNO2/c1-6-4-9(5-14)7(2)10(12)11(6)13-8(3)15/h4-5H,1-3H3,(H,13,15). The Balaban J connectivity index is 3.35. The molecule has 0 aliphatic rings. The van der Waals surface area contributed by atoms with E-state index in [1.165, 1.54) is 13.8 Å². The summed E-state index contributed by atoms with van der Waals surface area (Å²) >= 11 is 0. The van der Waals surface area contributed by atoms with E-state index in [1.54, 1.807) is 13.0 Å². The molecule has 0 heterocycles. The highest BCUT2D eigenvalue weighted by atomic mass is 19.1. The summed E-state index contributed by atoms with van der Waals surface area (Å²) in [5.74, 6) is -0.887. The Bertz CT molecular complexity index is 427. The Morgan fingerprint density at radius 1 is 1.47 bits per heavy atom. The smallest absolute Gasteiger partial charge is 0.221 e. The monoisotopic (exact) mass is 209 g/mol. The predicted molar refractivity (Wildman–Crippen MR) is 55.6 cm³/mol. The summed E-state index contributed by atoms with van der Waals surface area (Å²) in [6, 6.07) is 1.55. The van der Waals surface area contributed by atoms with Gasteiger partial charge in [-0.1, -0.05) is 0 Å². The van der Waals surface area contributed by atoms with E-state index in [0.29, 0.717) is 17.4 Å². The minimum atomic E-state index is -0.549. The van der Waals surface area contributed by atoms with Gasteiger partial charge in [0.25, 0.3) is 0 Å². The van der Waals surface area contributed by atoms with Gasteiger partial charge in [-0.15, -0.1) is 0 Å². The second-order valence-corrected chi connectivity index (χ2v) is 3.40. The van der Waals surface area contributed by atoms with E-state index < -0.39 is 5.82 Å². The van der Waals surface area contributed by atoms with Gasteiger partial charge in [-0.2, -0.15) is 0 Å². The number of aldehydes is 1. The second kappa shape index (κ2) is 4.21. The summed E-state index contributed by atoms with van der Waals surface area (Å²) in [6.45, 7) is 4.45. The number of nitrogens with one attached hydrogen (secondary N) is 1. The molecule has 0 atom stereocenters. The highest BCUT2D eigenvalue weighted by Crippen LogP contribution is 2.24. The van der Waals surface area contributed by atoms with Crippen LogP contribution < -0.4 is 5.32 Å². The van der Waals surface area contributed by atoms with Crippen LogP contribution in [0, 0.1) is 19.7 Å². The molecule has 1 amide bonds. The second-order valence-electron chi connectivity index (χ2n) is 3.40. The number of carbonyl (C=O) groups excluding carboxylic acids is 2. The number of hydrogen-bond donors (Lipinski definition) is 1. The van der Waals surface area contributed by atoms with Crippen LogP contribution in [-0.2, 0) is 4.79 Å². The van der Waals surface area contributed by atoms with Gasteiger partial charge < -0.3 is 5.32 Å². The minimum Gasteiger partial charge on any atom is -0.324 e. The van der Waals surface area contributed by atoms with Crippen LogP contribution >= 0.6 is 0 Å². The van der Waals surface area contributed by atoms with E-state index in [4.69, 9.17) is 0 Å². The van der Waals surface area contributed by atoms with Crippen LogP contribution in [0.4, 0.5) is 10.1 Å². The third-order valence-electron chi connectivity index (χ3n) is 2.18. The lowest BCUT2D eigenvalue weighted by atomic mass is 10.0. The maximum Gasteiger partial charge on any atom is 0.221 e. The molecule has 1 rings (SSSR count). The number of hydrogen-bond acceptors (Lipinski definition) is 2. The molecule has 1 N–H and O–H groups in total. The number of carbonyl (C=O) groups is 2. The SMILES string of the molecule is CC(=O)Nc1c(C)cc(C=O)c(C)c1F. The summed E-state index contributed by atoms with van der Waals surface area (Å²) in [5.41, 5.74) is 1.24. The van der Waals surface area contributed by atoms with Gasteiger partial charge in [0.2, 0.25) is 5.91 Å². The van der Waals surface area contributed by atoms with Gasteiger partial charge >= 0.3 is 0 Å². The van der Waals surface area contributed by atoms with Crippen LogP contribution in [0.3, 0.4) is 0 Å². The fourth-order valence-electron chi connectivity index (χ4n) is 1.35. The number of benzene rings is 1. The number of aryl methyl sites for hydroxylation is 1. The van der Waals surface area contributed by atoms with Crippen molar-refractivity contribution in [1.82, 2.24) is 0 Å². The van der Waals surface area contributed by atoms with Crippen molar-refractivity contribution in [1.29, 1.82) is 0 Å². The van der Waals surface area contributed by atoms with E-state index in [9.17, 15) is 14.0 Å². The molecule has 0 radical (unpaired) electrons.